The molecule has 0 amide bonds. The Kier molecular flexibility index (Phi) is 32.7. The average molecular weight is 839 g/mol. The molecule has 0 saturated heterocycles. The molecule has 6 unspecified atom stereocenters. The number of aliphatic hydroxyl groups excluding tert-OH is 5. The molecule has 14 heteroatoms. The van der Waals surface area contributed by atoms with Crippen LogP contribution in [0.2, 0.25) is 0 Å². The normalized spacial score (nSPS) is 22.6. The highest BCUT2D eigenvalue weighted by atomic mass is 31.2. The summed E-state index contributed by atoms with van der Waals surface area (Å²) >= 11 is 0. The molecule has 6 N–H and O–H groups in total. The van der Waals surface area contributed by atoms with E-state index in [9.17, 15) is 44.6 Å². The van der Waals surface area contributed by atoms with Gasteiger partial charge in [-0.2, -0.15) is 0 Å². The first kappa shape index (κ1) is 53.9. The summed E-state index contributed by atoms with van der Waals surface area (Å²) in [7, 11) is -5.11. The highest BCUT2D eigenvalue weighted by molar-refractivity contribution is 7.47. The molecule has 0 heterocycles. The molecule has 0 bridgehead atoms. The van der Waals surface area contributed by atoms with Crippen LogP contribution in [0.3, 0.4) is 0 Å². The minimum absolute atomic E-state index is 0.105. The fourth-order valence-corrected chi connectivity index (χ4v) is 8.20. The second-order valence-electron chi connectivity index (χ2n) is 16.3. The summed E-state index contributed by atoms with van der Waals surface area (Å²) in [6.07, 6.45) is 20.1. The van der Waals surface area contributed by atoms with Gasteiger partial charge in [0, 0.05) is 12.8 Å². The topological polar surface area (TPSA) is 210 Å². The van der Waals surface area contributed by atoms with Gasteiger partial charge in [-0.15, -0.1) is 0 Å². The molecular weight excluding hydrogens is 755 g/mol. The van der Waals surface area contributed by atoms with Crippen LogP contribution in [0.1, 0.15) is 206 Å². The van der Waals surface area contributed by atoms with Crippen molar-refractivity contribution in [2.24, 2.45) is 0 Å². The second-order valence-corrected chi connectivity index (χ2v) is 17.7. The van der Waals surface area contributed by atoms with Gasteiger partial charge in [0.1, 0.15) is 43.2 Å². The van der Waals surface area contributed by atoms with Crippen molar-refractivity contribution in [2.45, 2.75) is 249 Å². The van der Waals surface area contributed by atoms with Gasteiger partial charge in [0.25, 0.3) is 0 Å². The van der Waals surface area contributed by atoms with Gasteiger partial charge in [-0.3, -0.25) is 18.6 Å². The van der Waals surface area contributed by atoms with Crippen LogP contribution in [-0.2, 0) is 32.7 Å². The molecule has 1 aliphatic carbocycles. The van der Waals surface area contributed by atoms with Gasteiger partial charge < -0.3 is 39.9 Å². The fraction of sp³-hybridized carbons (Fsp3) is 0.953. The van der Waals surface area contributed by atoms with Gasteiger partial charge >= 0.3 is 19.8 Å². The Balaban J connectivity index is 2.45. The minimum Gasteiger partial charge on any atom is -0.462 e. The summed E-state index contributed by atoms with van der Waals surface area (Å²) in [5.41, 5.74) is 0. The van der Waals surface area contributed by atoms with Crippen molar-refractivity contribution in [2.75, 3.05) is 13.2 Å². The number of carbonyl (C=O) groups excluding carboxylic acids is 2. The molecular formula is C43H83O13P. The number of carbonyl (C=O) groups is 2. The number of esters is 2. The molecule has 0 radical (unpaired) electrons. The monoisotopic (exact) mass is 839 g/mol. The van der Waals surface area contributed by atoms with Crippen LogP contribution in [0.15, 0.2) is 0 Å². The van der Waals surface area contributed by atoms with E-state index < -0.39 is 75.7 Å². The molecule has 0 aromatic rings. The highest BCUT2D eigenvalue weighted by Crippen LogP contribution is 2.47. The number of rotatable bonds is 38. The first-order valence-electron chi connectivity index (χ1n) is 22.8. The van der Waals surface area contributed by atoms with Crippen molar-refractivity contribution >= 4 is 19.8 Å². The molecule has 57 heavy (non-hydrogen) atoms. The van der Waals surface area contributed by atoms with E-state index in [1.54, 1.807) is 0 Å². The molecule has 0 spiro atoms. The van der Waals surface area contributed by atoms with Gasteiger partial charge in [-0.05, 0) is 12.8 Å². The molecule has 8 atom stereocenters. The summed E-state index contributed by atoms with van der Waals surface area (Å²) in [5.74, 6) is -1.09. The zero-order valence-corrected chi connectivity index (χ0v) is 36.6. The van der Waals surface area contributed by atoms with E-state index in [0.717, 1.165) is 38.5 Å². The molecule has 0 aromatic carbocycles. The fourth-order valence-electron chi connectivity index (χ4n) is 7.23. The predicted octanol–water partition coefficient (Wildman–Crippen LogP) is 8.50. The Morgan fingerprint density at radius 2 is 0.789 bits per heavy atom. The third-order valence-electron chi connectivity index (χ3n) is 10.9. The standard InChI is InChI=1S/C43H83O13P/c1-3-5-7-9-11-13-15-17-19-21-23-25-27-29-31-36(44)53-33-35(34-54-57(51,52)56-43-41(49)39(47)38(46)40(48)42(43)50)55-37(45)32-30-28-26-24-22-20-18-16-14-12-10-8-6-4-2/h35,38-43,46-50H,3-34H2,1-2H3,(H,51,52)/t35-,38?,39-,40?,41?,42?,43?/m1/s1. The Morgan fingerprint density at radius 3 is 1.16 bits per heavy atom. The maximum Gasteiger partial charge on any atom is 0.472 e. The van der Waals surface area contributed by atoms with Crippen LogP contribution in [0.5, 0.6) is 0 Å². The van der Waals surface area contributed by atoms with Crippen molar-refractivity contribution in [3.05, 3.63) is 0 Å². The van der Waals surface area contributed by atoms with Crippen molar-refractivity contribution in [3.63, 3.8) is 0 Å². The number of aliphatic hydroxyl groups is 5. The lowest BCUT2D eigenvalue weighted by Gasteiger charge is -2.41. The van der Waals surface area contributed by atoms with E-state index in [0.29, 0.717) is 12.8 Å². The van der Waals surface area contributed by atoms with Crippen LogP contribution in [0.25, 0.3) is 0 Å². The van der Waals surface area contributed by atoms with Gasteiger partial charge in [0.2, 0.25) is 0 Å². The number of hydrogen-bond acceptors (Lipinski definition) is 12. The molecule has 1 rings (SSSR count). The lowest BCUT2D eigenvalue weighted by molar-refractivity contribution is -0.220. The summed E-state index contributed by atoms with van der Waals surface area (Å²) in [6, 6.07) is 0. The number of hydrogen-bond donors (Lipinski definition) is 6. The van der Waals surface area contributed by atoms with Crippen LogP contribution < -0.4 is 0 Å². The van der Waals surface area contributed by atoms with Crippen molar-refractivity contribution in [1.82, 2.24) is 0 Å². The molecule has 0 aliphatic heterocycles. The summed E-state index contributed by atoms with van der Waals surface area (Å²) < 4.78 is 33.5. The molecule has 1 aliphatic rings. The maximum atomic E-state index is 12.8. The third kappa shape index (κ3) is 27.3. The quantitative estimate of drug-likeness (QED) is 0.0196. The van der Waals surface area contributed by atoms with E-state index >= 15 is 0 Å². The molecule has 1 saturated carbocycles. The van der Waals surface area contributed by atoms with Gasteiger partial charge in [0.05, 0.1) is 6.61 Å². The van der Waals surface area contributed by atoms with Crippen LogP contribution in [-0.4, -0.2) is 98.3 Å². The first-order valence-corrected chi connectivity index (χ1v) is 24.3. The van der Waals surface area contributed by atoms with E-state index in [-0.39, 0.29) is 12.8 Å². The highest BCUT2D eigenvalue weighted by Gasteiger charge is 2.51. The summed E-state index contributed by atoms with van der Waals surface area (Å²) in [4.78, 5) is 35.6. The Hall–Kier alpha value is -1.15. The number of unbranched alkanes of at least 4 members (excludes halogenated alkanes) is 26. The van der Waals surface area contributed by atoms with E-state index in [2.05, 4.69) is 13.8 Å². The molecule has 1 fully saturated rings. The van der Waals surface area contributed by atoms with Crippen molar-refractivity contribution in [1.29, 1.82) is 0 Å². The number of phosphoric ester groups is 1. The van der Waals surface area contributed by atoms with E-state index in [4.69, 9.17) is 18.5 Å². The van der Waals surface area contributed by atoms with Gasteiger partial charge in [-0.25, -0.2) is 4.57 Å². The minimum atomic E-state index is -5.11. The Bertz CT molecular complexity index is 1020. The van der Waals surface area contributed by atoms with Crippen molar-refractivity contribution < 1.29 is 63.1 Å². The Labute approximate surface area is 344 Å². The Morgan fingerprint density at radius 1 is 0.474 bits per heavy atom. The first-order chi connectivity index (χ1) is 27.4. The van der Waals surface area contributed by atoms with Crippen LogP contribution in [0, 0.1) is 0 Å². The van der Waals surface area contributed by atoms with Crippen LogP contribution >= 0.6 is 7.82 Å². The molecule has 0 aromatic heterocycles. The SMILES string of the molecule is CCCCCCCCCCCCCCCCC(=O)OC[C@H](COP(=O)(O)OC1C(O)C(O)C(O)[C@@H](O)C1O)OC(=O)CCCCCCCCCCCCCCCC. The zero-order chi connectivity index (χ0) is 42.2. The molecule has 338 valence electrons. The molecule has 13 nitrogen and oxygen atoms in total. The van der Waals surface area contributed by atoms with Crippen molar-refractivity contribution in [3.8, 4) is 0 Å². The lowest BCUT2D eigenvalue weighted by atomic mass is 9.85. The number of ether oxygens (including phenoxy) is 2. The summed E-state index contributed by atoms with van der Waals surface area (Å²) in [5, 5.41) is 50.1. The summed E-state index contributed by atoms with van der Waals surface area (Å²) in [6.45, 7) is 3.31. The van der Waals surface area contributed by atoms with Gasteiger partial charge in [-0.1, -0.05) is 181 Å². The third-order valence-corrected chi connectivity index (χ3v) is 11.9. The van der Waals surface area contributed by atoms with E-state index in [1.807, 2.05) is 0 Å². The second kappa shape index (κ2) is 34.6. The number of phosphoric acid groups is 1. The van der Waals surface area contributed by atoms with E-state index in [1.165, 1.54) is 128 Å². The lowest BCUT2D eigenvalue weighted by Crippen LogP contribution is -2.64. The smallest absolute Gasteiger partial charge is 0.462 e. The zero-order valence-electron chi connectivity index (χ0n) is 35.7. The van der Waals surface area contributed by atoms with Crippen LogP contribution in [0.4, 0.5) is 0 Å². The predicted molar refractivity (Wildman–Crippen MR) is 221 cm³/mol. The van der Waals surface area contributed by atoms with Gasteiger partial charge in [0.15, 0.2) is 6.10 Å². The maximum absolute atomic E-state index is 12.8. The average Bonchev–Trinajstić information content (AvgIpc) is 3.19. The largest absolute Gasteiger partial charge is 0.472 e.